The molecule has 4 amide bonds. The SMILES string of the molecule is COc1ccccc1N1C(=O)NC(=O)/C(=C/c2cc(C)n(-c3ccc(Sc4ccc([N+](=O)[O-])cc4)cc3)c2C)C1=O. The lowest BCUT2D eigenvalue weighted by molar-refractivity contribution is -0.384. The van der Waals surface area contributed by atoms with Crippen LogP contribution in [0.2, 0.25) is 0 Å². The Labute approximate surface area is 239 Å². The number of para-hydroxylation sites is 2. The van der Waals surface area contributed by atoms with Gasteiger partial charge < -0.3 is 9.30 Å². The number of nitrogens with one attached hydrogen (secondary N) is 1. The molecule has 0 radical (unpaired) electrons. The number of nitro benzene ring substituents is 1. The van der Waals surface area contributed by atoms with E-state index in [1.54, 1.807) is 36.4 Å². The number of benzene rings is 3. The molecule has 3 aromatic carbocycles. The molecule has 5 rings (SSSR count). The topological polar surface area (TPSA) is 124 Å². The first-order chi connectivity index (χ1) is 19.7. The van der Waals surface area contributed by atoms with Gasteiger partial charge in [0.1, 0.15) is 11.3 Å². The van der Waals surface area contributed by atoms with Crippen molar-refractivity contribution in [2.45, 2.75) is 23.6 Å². The number of anilines is 1. The van der Waals surface area contributed by atoms with E-state index >= 15 is 0 Å². The standard InChI is InChI=1S/C30H24N4O6S/c1-18-16-20(17-25-28(35)31-30(37)33(29(25)36)26-6-4-5-7-27(26)40-3)19(2)32(18)21-8-12-23(13-9-21)41-24-14-10-22(11-15-24)34(38)39/h4-17H,1-3H3,(H,31,35,37)/b25-17-. The van der Waals surface area contributed by atoms with Crippen LogP contribution in [-0.2, 0) is 9.59 Å². The van der Waals surface area contributed by atoms with Crippen LogP contribution < -0.4 is 15.0 Å². The van der Waals surface area contributed by atoms with Gasteiger partial charge in [-0.2, -0.15) is 0 Å². The second kappa shape index (κ2) is 11.1. The molecule has 0 saturated carbocycles. The van der Waals surface area contributed by atoms with E-state index in [2.05, 4.69) is 5.32 Å². The number of ether oxygens (including phenoxy) is 1. The van der Waals surface area contributed by atoms with E-state index in [-0.39, 0.29) is 16.9 Å². The van der Waals surface area contributed by atoms with Crippen LogP contribution in [0.15, 0.2) is 94.2 Å². The van der Waals surface area contributed by atoms with Crippen molar-refractivity contribution in [3.05, 3.63) is 112 Å². The number of barbiturate groups is 1. The summed E-state index contributed by atoms with van der Waals surface area (Å²) in [4.78, 5) is 52.0. The lowest BCUT2D eigenvalue weighted by Gasteiger charge is -2.27. The Bertz CT molecular complexity index is 1720. The molecule has 1 aromatic heterocycles. The molecule has 1 fully saturated rings. The summed E-state index contributed by atoms with van der Waals surface area (Å²) >= 11 is 1.49. The molecule has 1 N–H and O–H groups in total. The highest BCUT2D eigenvalue weighted by Gasteiger charge is 2.38. The first-order valence-corrected chi connectivity index (χ1v) is 13.3. The molecule has 0 spiro atoms. The number of nitro groups is 1. The summed E-state index contributed by atoms with van der Waals surface area (Å²) in [5.74, 6) is -1.21. The minimum atomic E-state index is -0.848. The molecule has 0 unspecified atom stereocenters. The summed E-state index contributed by atoms with van der Waals surface area (Å²) in [6.45, 7) is 3.80. The van der Waals surface area contributed by atoms with Crippen LogP contribution in [0.3, 0.4) is 0 Å². The van der Waals surface area contributed by atoms with Crippen molar-refractivity contribution in [3.8, 4) is 11.4 Å². The van der Waals surface area contributed by atoms with Gasteiger partial charge in [-0.3, -0.25) is 25.0 Å². The number of amides is 4. The van der Waals surface area contributed by atoms with Crippen LogP contribution in [-0.4, -0.2) is 34.4 Å². The molecule has 41 heavy (non-hydrogen) atoms. The van der Waals surface area contributed by atoms with Crippen molar-refractivity contribution < 1.29 is 24.0 Å². The summed E-state index contributed by atoms with van der Waals surface area (Å²) < 4.78 is 7.31. The summed E-state index contributed by atoms with van der Waals surface area (Å²) in [5, 5.41) is 13.1. The van der Waals surface area contributed by atoms with Crippen molar-refractivity contribution >= 4 is 47.1 Å². The number of nitrogens with zero attached hydrogens (tertiary/aromatic N) is 3. The number of methoxy groups -OCH3 is 1. The number of aromatic nitrogens is 1. The van der Waals surface area contributed by atoms with Gasteiger partial charge in [-0.1, -0.05) is 23.9 Å². The largest absolute Gasteiger partial charge is 0.495 e. The Morgan fingerprint density at radius 3 is 2.20 bits per heavy atom. The van der Waals surface area contributed by atoms with Gasteiger partial charge >= 0.3 is 6.03 Å². The lowest BCUT2D eigenvalue weighted by Crippen LogP contribution is -2.54. The van der Waals surface area contributed by atoms with Crippen LogP contribution >= 0.6 is 11.8 Å². The zero-order valence-electron chi connectivity index (χ0n) is 22.3. The quantitative estimate of drug-likeness (QED) is 0.129. The molecule has 1 aliphatic heterocycles. The number of aryl methyl sites for hydroxylation is 1. The molecule has 0 atom stereocenters. The van der Waals surface area contributed by atoms with Gasteiger partial charge in [0, 0.05) is 39.0 Å². The fraction of sp³-hybridized carbons (Fsp3) is 0.100. The zero-order valence-corrected chi connectivity index (χ0v) is 23.1. The van der Waals surface area contributed by atoms with Crippen molar-refractivity contribution in [1.82, 2.24) is 9.88 Å². The van der Waals surface area contributed by atoms with Crippen LogP contribution in [0.4, 0.5) is 16.2 Å². The van der Waals surface area contributed by atoms with Gasteiger partial charge in [-0.15, -0.1) is 0 Å². The number of non-ortho nitro benzene ring substituents is 1. The maximum atomic E-state index is 13.4. The van der Waals surface area contributed by atoms with E-state index in [4.69, 9.17) is 4.74 Å². The van der Waals surface area contributed by atoms with E-state index in [0.29, 0.717) is 11.3 Å². The van der Waals surface area contributed by atoms with Gasteiger partial charge in [0.15, 0.2) is 0 Å². The first-order valence-electron chi connectivity index (χ1n) is 12.4. The normalized spacial score (nSPS) is 14.4. The van der Waals surface area contributed by atoms with Gasteiger partial charge in [-0.25, -0.2) is 9.69 Å². The fourth-order valence-electron chi connectivity index (χ4n) is 4.61. The number of carbonyl (C=O) groups excluding carboxylic acids is 3. The molecular weight excluding hydrogens is 544 g/mol. The molecule has 1 saturated heterocycles. The van der Waals surface area contributed by atoms with Gasteiger partial charge in [0.05, 0.1) is 17.7 Å². The summed E-state index contributed by atoms with van der Waals surface area (Å²) in [6.07, 6.45) is 1.49. The Kier molecular flexibility index (Phi) is 7.45. The lowest BCUT2D eigenvalue weighted by atomic mass is 10.1. The highest BCUT2D eigenvalue weighted by atomic mass is 32.2. The van der Waals surface area contributed by atoms with E-state index in [1.807, 2.05) is 48.7 Å². The molecule has 11 heteroatoms. The average Bonchev–Trinajstić information content (AvgIpc) is 3.24. The molecule has 0 aliphatic carbocycles. The molecule has 2 heterocycles. The summed E-state index contributed by atoms with van der Waals surface area (Å²) in [7, 11) is 1.43. The van der Waals surface area contributed by atoms with E-state index in [9.17, 15) is 24.5 Å². The number of imide groups is 2. The monoisotopic (exact) mass is 568 g/mol. The smallest absolute Gasteiger partial charge is 0.336 e. The average molecular weight is 569 g/mol. The Morgan fingerprint density at radius 2 is 1.56 bits per heavy atom. The van der Waals surface area contributed by atoms with Gasteiger partial charge in [-0.05, 0) is 80.1 Å². The summed E-state index contributed by atoms with van der Waals surface area (Å²) in [6, 6.07) is 21.8. The number of hydrogen-bond donors (Lipinski definition) is 1. The van der Waals surface area contributed by atoms with E-state index in [0.717, 1.165) is 31.8 Å². The van der Waals surface area contributed by atoms with Crippen molar-refractivity contribution in [3.63, 3.8) is 0 Å². The Morgan fingerprint density at radius 1 is 0.927 bits per heavy atom. The third-order valence-corrected chi connectivity index (χ3v) is 7.59. The van der Waals surface area contributed by atoms with Crippen LogP contribution in [0.5, 0.6) is 5.75 Å². The van der Waals surface area contributed by atoms with E-state index < -0.39 is 22.8 Å². The van der Waals surface area contributed by atoms with E-state index in [1.165, 1.54) is 37.1 Å². The highest BCUT2D eigenvalue weighted by Crippen LogP contribution is 2.33. The Balaban J connectivity index is 1.42. The first kappa shape index (κ1) is 27.4. The van der Waals surface area contributed by atoms with Crippen LogP contribution in [0, 0.1) is 24.0 Å². The number of carbonyl (C=O) groups is 3. The second-order valence-electron chi connectivity index (χ2n) is 9.14. The van der Waals surface area contributed by atoms with Gasteiger partial charge in [0.25, 0.3) is 17.5 Å². The molecule has 10 nitrogen and oxygen atoms in total. The highest BCUT2D eigenvalue weighted by molar-refractivity contribution is 7.99. The van der Waals surface area contributed by atoms with Crippen molar-refractivity contribution in [2.24, 2.45) is 0 Å². The molecule has 1 aliphatic rings. The van der Waals surface area contributed by atoms with Crippen LogP contribution in [0.25, 0.3) is 11.8 Å². The third-order valence-electron chi connectivity index (χ3n) is 6.58. The number of urea groups is 1. The molecule has 0 bridgehead atoms. The summed E-state index contributed by atoms with van der Waals surface area (Å²) in [5.41, 5.74) is 3.31. The van der Waals surface area contributed by atoms with Crippen LogP contribution in [0.1, 0.15) is 17.0 Å². The Hall–Kier alpha value is -5.16. The minimum Gasteiger partial charge on any atom is -0.495 e. The third kappa shape index (κ3) is 5.35. The minimum absolute atomic E-state index is 0.0422. The maximum Gasteiger partial charge on any atom is 0.336 e. The fourth-order valence-corrected chi connectivity index (χ4v) is 5.43. The predicted molar refractivity (Wildman–Crippen MR) is 154 cm³/mol. The zero-order chi connectivity index (χ0) is 29.3. The number of rotatable bonds is 7. The van der Waals surface area contributed by atoms with Gasteiger partial charge in [0.2, 0.25) is 0 Å². The second-order valence-corrected chi connectivity index (χ2v) is 10.3. The number of hydrogen-bond acceptors (Lipinski definition) is 7. The molecule has 4 aromatic rings. The maximum absolute atomic E-state index is 13.4. The molecule has 206 valence electrons. The van der Waals surface area contributed by atoms with Crippen molar-refractivity contribution in [2.75, 3.05) is 12.0 Å². The van der Waals surface area contributed by atoms with Crippen molar-refractivity contribution in [1.29, 1.82) is 0 Å². The predicted octanol–water partition coefficient (Wildman–Crippen LogP) is 5.83. The molecular formula is C30H24N4O6S.